The van der Waals surface area contributed by atoms with E-state index in [9.17, 15) is 4.79 Å². The Labute approximate surface area is 192 Å². The molecule has 0 unspecified atom stereocenters. The third-order valence-electron chi connectivity index (χ3n) is 5.36. The minimum atomic E-state index is -0.110. The van der Waals surface area contributed by atoms with Gasteiger partial charge in [0.05, 0.1) is 18.4 Å². The number of benzene rings is 2. The molecule has 0 bridgehead atoms. The number of carbonyl (C=O) groups excluding carboxylic acids is 1. The van der Waals surface area contributed by atoms with E-state index in [-0.39, 0.29) is 5.91 Å². The van der Waals surface area contributed by atoms with Crippen molar-refractivity contribution in [3.8, 4) is 22.7 Å². The molecule has 0 spiro atoms. The summed E-state index contributed by atoms with van der Waals surface area (Å²) >= 11 is 6.09. The SMILES string of the molecule is COc1ccc(-n2c(-c3ccc(Cl)cc3)cc(C(=O)NCCc3ccccn3)c2C)cc1. The lowest BCUT2D eigenvalue weighted by Crippen LogP contribution is -2.26. The van der Waals surface area contributed by atoms with E-state index in [0.717, 1.165) is 34.1 Å². The van der Waals surface area contributed by atoms with Gasteiger partial charge in [-0.25, -0.2) is 0 Å². The summed E-state index contributed by atoms with van der Waals surface area (Å²) in [5.41, 5.74) is 5.27. The van der Waals surface area contributed by atoms with Crippen molar-refractivity contribution in [2.45, 2.75) is 13.3 Å². The molecule has 0 atom stereocenters. The summed E-state index contributed by atoms with van der Waals surface area (Å²) in [6.45, 7) is 2.47. The molecule has 0 radical (unpaired) electrons. The number of carbonyl (C=O) groups is 1. The van der Waals surface area contributed by atoms with Crippen LogP contribution >= 0.6 is 11.6 Å². The maximum absolute atomic E-state index is 13.1. The first-order valence-electron chi connectivity index (χ1n) is 10.4. The Morgan fingerprint density at radius 3 is 2.47 bits per heavy atom. The van der Waals surface area contributed by atoms with Gasteiger partial charge in [0.2, 0.25) is 0 Å². The molecule has 5 nitrogen and oxygen atoms in total. The van der Waals surface area contributed by atoms with E-state index < -0.39 is 0 Å². The summed E-state index contributed by atoms with van der Waals surface area (Å²) < 4.78 is 7.37. The van der Waals surface area contributed by atoms with Crippen molar-refractivity contribution in [2.75, 3.05) is 13.7 Å². The zero-order valence-corrected chi connectivity index (χ0v) is 18.8. The number of pyridine rings is 1. The lowest BCUT2D eigenvalue weighted by atomic mass is 10.1. The van der Waals surface area contributed by atoms with E-state index in [2.05, 4.69) is 14.9 Å². The van der Waals surface area contributed by atoms with Crippen LogP contribution in [-0.2, 0) is 6.42 Å². The normalized spacial score (nSPS) is 10.7. The molecule has 0 aliphatic heterocycles. The number of ether oxygens (including phenoxy) is 1. The predicted molar refractivity (Wildman–Crippen MR) is 128 cm³/mol. The fourth-order valence-electron chi connectivity index (χ4n) is 3.68. The topological polar surface area (TPSA) is 56.1 Å². The van der Waals surface area contributed by atoms with Crippen molar-refractivity contribution in [2.24, 2.45) is 0 Å². The third kappa shape index (κ3) is 4.68. The predicted octanol–water partition coefficient (Wildman–Crippen LogP) is 5.48. The van der Waals surface area contributed by atoms with E-state index in [1.54, 1.807) is 13.3 Å². The molecule has 0 aliphatic rings. The molecule has 0 fully saturated rings. The van der Waals surface area contributed by atoms with Crippen LogP contribution in [0.5, 0.6) is 5.75 Å². The zero-order chi connectivity index (χ0) is 22.5. The molecule has 6 heteroatoms. The summed E-state index contributed by atoms with van der Waals surface area (Å²) in [5.74, 6) is 0.667. The number of rotatable bonds is 7. The molecule has 4 rings (SSSR count). The fourth-order valence-corrected chi connectivity index (χ4v) is 3.81. The van der Waals surface area contributed by atoms with E-state index in [1.165, 1.54) is 0 Å². The Morgan fingerprint density at radius 1 is 1.06 bits per heavy atom. The lowest BCUT2D eigenvalue weighted by Gasteiger charge is -2.13. The van der Waals surface area contributed by atoms with Crippen LogP contribution in [-0.4, -0.2) is 29.1 Å². The molecule has 4 aromatic rings. The maximum Gasteiger partial charge on any atom is 0.253 e. The van der Waals surface area contributed by atoms with Crippen molar-refractivity contribution in [3.63, 3.8) is 0 Å². The van der Waals surface area contributed by atoms with Crippen LogP contribution in [0.4, 0.5) is 0 Å². The smallest absolute Gasteiger partial charge is 0.253 e. The van der Waals surface area contributed by atoms with Crippen molar-refractivity contribution in [1.29, 1.82) is 0 Å². The summed E-state index contributed by atoms with van der Waals surface area (Å²) in [4.78, 5) is 17.4. The van der Waals surface area contributed by atoms with Crippen LogP contribution in [0.3, 0.4) is 0 Å². The first kappa shape index (κ1) is 21.7. The molecular formula is C26H24ClN3O2. The van der Waals surface area contributed by atoms with Gasteiger partial charge in [0.15, 0.2) is 0 Å². The van der Waals surface area contributed by atoms with Crippen molar-refractivity contribution in [3.05, 3.63) is 101 Å². The highest BCUT2D eigenvalue weighted by Gasteiger charge is 2.19. The van der Waals surface area contributed by atoms with Gasteiger partial charge in [-0.05, 0) is 67.1 Å². The second kappa shape index (κ2) is 9.71. The summed E-state index contributed by atoms with van der Waals surface area (Å²) in [5, 5.41) is 3.69. The first-order valence-corrected chi connectivity index (χ1v) is 10.8. The molecule has 1 amide bonds. The lowest BCUT2D eigenvalue weighted by molar-refractivity contribution is 0.0953. The second-order valence-electron chi connectivity index (χ2n) is 7.40. The molecule has 2 aromatic heterocycles. The molecule has 0 saturated heterocycles. The monoisotopic (exact) mass is 445 g/mol. The molecule has 0 aliphatic carbocycles. The number of aromatic nitrogens is 2. The highest BCUT2D eigenvalue weighted by molar-refractivity contribution is 6.30. The Kier molecular flexibility index (Phi) is 6.57. The molecule has 0 saturated carbocycles. The number of nitrogens with zero attached hydrogens (tertiary/aromatic N) is 2. The minimum absolute atomic E-state index is 0.110. The average molecular weight is 446 g/mol. The highest BCUT2D eigenvalue weighted by Crippen LogP contribution is 2.31. The van der Waals surface area contributed by atoms with Crippen molar-refractivity contribution in [1.82, 2.24) is 14.9 Å². The standard InChI is InChI=1S/C26H24ClN3O2/c1-18-24(26(31)29-16-14-21-5-3-4-15-28-21)17-25(19-6-8-20(27)9-7-19)30(18)22-10-12-23(32-2)13-11-22/h3-13,15,17H,14,16H2,1-2H3,(H,29,31). The van der Waals surface area contributed by atoms with Crippen LogP contribution in [0.15, 0.2) is 79.0 Å². The largest absolute Gasteiger partial charge is 0.497 e. The van der Waals surface area contributed by atoms with Crippen LogP contribution < -0.4 is 10.1 Å². The summed E-state index contributed by atoms with van der Waals surface area (Å²) in [7, 11) is 1.64. The number of hydrogen-bond donors (Lipinski definition) is 1. The molecule has 1 N–H and O–H groups in total. The van der Waals surface area contributed by atoms with Gasteiger partial charge in [0.25, 0.3) is 5.91 Å². The Hall–Kier alpha value is -3.57. The summed E-state index contributed by atoms with van der Waals surface area (Å²) in [6, 6.07) is 23.1. The van der Waals surface area contributed by atoms with Crippen LogP contribution in [0.1, 0.15) is 21.7 Å². The van der Waals surface area contributed by atoms with E-state index in [4.69, 9.17) is 16.3 Å². The third-order valence-corrected chi connectivity index (χ3v) is 5.61. The van der Waals surface area contributed by atoms with Gasteiger partial charge in [-0.2, -0.15) is 0 Å². The number of halogens is 1. The number of methoxy groups -OCH3 is 1. The average Bonchev–Trinajstić information content (AvgIpc) is 3.17. The number of nitrogens with one attached hydrogen (secondary N) is 1. The van der Waals surface area contributed by atoms with Gasteiger partial charge in [-0.15, -0.1) is 0 Å². The number of amides is 1. The minimum Gasteiger partial charge on any atom is -0.497 e. The van der Waals surface area contributed by atoms with Gasteiger partial charge in [-0.1, -0.05) is 29.8 Å². The Morgan fingerprint density at radius 2 is 1.81 bits per heavy atom. The maximum atomic E-state index is 13.1. The van der Waals surface area contributed by atoms with Crippen LogP contribution in [0.25, 0.3) is 16.9 Å². The quantitative estimate of drug-likeness (QED) is 0.409. The van der Waals surface area contributed by atoms with Crippen LogP contribution in [0.2, 0.25) is 5.02 Å². The summed E-state index contributed by atoms with van der Waals surface area (Å²) in [6.07, 6.45) is 2.43. The zero-order valence-electron chi connectivity index (χ0n) is 18.0. The fraction of sp³-hybridized carbons (Fsp3) is 0.154. The molecule has 2 heterocycles. The van der Waals surface area contributed by atoms with Gasteiger partial charge in [0, 0.05) is 41.3 Å². The Balaban J connectivity index is 1.66. The van der Waals surface area contributed by atoms with Crippen LogP contribution in [0, 0.1) is 6.92 Å². The highest BCUT2D eigenvalue weighted by atomic mass is 35.5. The molecule has 2 aromatic carbocycles. The molecule has 32 heavy (non-hydrogen) atoms. The number of hydrogen-bond acceptors (Lipinski definition) is 3. The van der Waals surface area contributed by atoms with Gasteiger partial charge in [-0.3, -0.25) is 9.78 Å². The van der Waals surface area contributed by atoms with E-state index in [1.807, 2.05) is 79.7 Å². The van der Waals surface area contributed by atoms with Crippen molar-refractivity contribution < 1.29 is 9.53 Å². The van der Waals surface area contributed by atoms with Gasteiger partial charge in [0.1, 0.15) is 5.75 Å². The van der Waals surface area contributed by atoms with E-state index >= 15 is 0 Å². The first-order chi connectivity index (χ1) is 15.6. The second-order valence-corrected chi connectivity index (χ2v) is 7.83. The van der Waals surface area contributed by atoms with Gasteiger partial charge >= 0.3 is 0 Å². The van der Waals surface area contributed by atoms with Crippen molar-refractivity contribution >= 4 is 17.5 Å². The van der Waals surface area contributed by atoms with Gasteiger partial charge < -0.3 is 14.6 Å². The molecule has 162 valence electrons. The molecular weight excluding hydrogens is 422 g/mol. The Bertz CT molecular complexity index is 1200. The van der Waals surface area contributed by atoms with E-state index in [0.29, 0.717) is 23.6 Å².